The van der Waals surface area contributed by atoms with Crippen molar-refractivity contribution in [1.29, 1.82) is 0 Å². The molecule has 2 unspecified atom stereocenters. The van der Waals surface area contributed by atoms with E-state index in [1.54, 1.807) is 0 Å². The third kappa shape index (κ3) is 0.690. The summed E-state index contributed by atoms with van der Waals surface area (Å²) in [7, 11) is 0. The van der Waals surface area contributed by atoms with Crippen molar-refractivity contribution in [3.63, 3.8) is 0 Å². The van der Waals surface area contributed by atoms with E-state index >= 15 is 0 Å². The Morgan fingerprint density at radius 1 is 1.21 bits per heavy atom. The van der Waals surface area contributed by atoms with E-state index in [-0.39, 0.29) is 10.8 Å². The second kappa shape index (κ2) is 2.24. The molecule has 3 rings (SSSR count). The zero-order chi connectivity index (χ0) is 10.0. The average Bonchev–Trinajstić information content (AvgIpc) is 3.04. The molecule has 2 atom stereocenters. The molecule has 0 N–H and O–H groups in total. The number of rotatable bonds is 1. The Balaban J connectivity index is 2.09. The van der Waals surface area contributed by atoms with Crippen LogP contribution in [-0.2, 0) is 5.41 Å². The predicted octanol–water partition coefficient (Wildman–Crippen LogP) is 3.80. The first kappa shape index (κ1) is 8.90. The van der Waals surface area contributed by atoms with Crippen molar-refractivity contribution < 1.29 is 4.39 Å². The van der Waals surface area contributed by atoms with Gasteiger partial charge in [0.05, 0.1) is 0 Å². The van der Waals surface area contributed by atoms with Crippen molar-refractivity contribution in [3.05, 3.63) is 35.9 Å². The van der Waals surface area contributed by atoms with Crippen LogP contribution in [0.2, 0.25) is 0 Å². The van der Waals surface area contributed by atoms with Crippen LogP contribution in [0.3, 0.4) is 0 Å². The van der Waals surface area contributed by atoms with Gasteiger partial charge in [-0.1, -0.05) is 37.3 Å². The summed E-state index contributed by atoms with van der Waals surface area (Å²) in [6.45, 7) is 2.03. The fourth-order valence-electron chi connectivity index (χ4n) is 2.94. The molecule has 1 aromatic carbocycles. The summed E-state index contributed by atoms with van der Waals surface area (Å²) in [4.78, 5) is 0. The molecule has 2 saturated carbocycles. The van der Waals surface area contributed by atoms with Crippen molar-refractivity contribution in [1.82, 2.24) is 0 Å². The summed E-state index contributed by atoms with van der Waals surface area (Å²) >= 11 is 3.26. The number of benzene rings is 1. The molecule has 0 heterocycles. The summed E-state index contributed by atoms with van der Waals surface area (Å²) in [5.41, 5.74) is 0.722. The van der Waals surface area contributed by atoms with Gasteiger partial charge in [-0.05, 0) is 34.3 Å². The fourth-order valence-corrected chi connectivity index (χ4v) is 4.24. The third-order valence-electron chi connectivity index (χ3n) is 4.22. The maximum atomic E-state index is 14.3. The molecule has 74 valence electrons. The van der Waals surface area contributed by atoms with Gasteiger partial charge < -0.3 is 0 Å². The van der Waals surface area contributed by atoms with E-state index in [1.807, 2.05) is 37.3 Å². The average molecular weight is 255 g/mol. The minimum Gasteiger partial charge on any atom is -0.230 e. The van der Waals surface area contributed by atoms with Gasteiger partial charge in [-0.2, -0.15) is 0 Å². The lowest BCUT2D eigenvalue weighted by Gasteiger charge is -2.11. The van der Waals surface area contributed by atoms with Crippen molar-refractivity contribution in [2.45, 2.75) is 29.8 Å². The van der Waals surface area contributed by atoms with Crippen LogP contribution in [0.15, 0.2) is 30.3 Å². The Bertz CT molecular complexity index is 375. The lowest BCUT2D eigenvalue weighted by atomic mass is 9.94. The minimum atomic E-state index is -1.17. The molecule has 0 amide bonds. The van der Waals surface area contributed by atoms with Crippen LogP contribution < -0.4 is 0 Å². The van der Waals surface area contributed by atoms with Gasteiger partial charge in [-0.3, -0.25) is 0 Å². The molecular weight excluding hydrogens is 243 g/mol. The Morgan fingerprint density at radius 2 is 1.79 bits per heavy atom. The smallest absolute Gasteiger partial charge is 0.181 e. The van der Waals surface area contributed by atoms with Gasteiger partial charge in [0.25, 0.3) is 0 Å². The third-order valence-corrected chi connectivity index (χ3v) is 5.78. The molecule has 2 aliphatic carbocycles. The standard InChI is InChI=1S/C12H12BrF/c1-10(9-5-3-2-4-6-9)11(7-8-11)12(10,13)14/h2-6H,7-8H2,1H3. The van der Waals surface area contributed by atoms with Gasteiger partial charge in [0.15, 0.2) is 4.58 Å². The van der Waals surface area contributed by atoms with Crippen molar-refractivity contribution in [2.75, 3.05) is 0 Å². The fraction of sp³-hybridized carbons (Fsp3) is 0.500. The van der Waals surface area contributed by atoms with E-state index < -0.39 is 4.58 Å². The Kier molecular flexibility index (Phi) is 1.42. The van der Waals surface area contributed by atoms with Crippen LogP contribution in [0.1, 0.15) is 25.3 Å². The molecule has 2 heteroatoms. The van der Waals surface area contributed by atoms with Crippen LogP contribution in [-0.4, -0.2) is 4.58 Å². The Hall–Kier alpha value is -0.370. The summed E-state index contributed by atoms with van der Waals surface area (Å²) in [6.07, 6.45) is 2.03. The molecule has 14 heavy (non-hydrogen) atoms. The van der Waals surface area contributed by atoms with Crippen LogP contribution in [0.25, 0.3) is 0 Å². The van der Waals surface area contributed by atoms with Gasteiger partial charge in [0.1, 0.15) is 0 Å². The highest BCUT2D eigenvalue weighted by atomic mass is 79.9. The van der Waals surface area contributed by atoms with E-state index in [1.165, 1.54) is 0 Å². The first-order chi connectivity index (χ1) is 6.56. The molecule has 2 aliphatic rings. The SMILES string of the molecule is CC1(c2ccccc2)C(F)(Br)C12CC2. The zero-order valence-electron chi connectivity index (χ0n) is 8.06. The van der Waals surface area contributed by atoms with Crippen molar-refractivity contribution in [2.24, 2.45) is 5.41 Å². The lowest BCUT2D eigenvalue weighted by molar-refractivity contribution is 0.386. The monoisotopic (exact) mass is 254 g/mol. The molecule has 0 saturated heterocycles. The number of alkyl halides is 2. The highest BCUT2D eigenvalue weighted by molar-refractivity contribution is 9.10. The molecule has 0 radical (unpaired) electrons. The molecule has 0 bridgehead atoms. The van der Waals surface area contributed by atoms with Gasteiger partial charge in [-0.15, -0.1) is 0 Å². The van der Waals surface area contributed by atoms with E-state index in [9.17, 15) is 4.39 Å². The number of halogens is 2. The Morgan fingerprint density at radius 3 is 2.21 bits per heavy atom. The van der Waals surface area contributed by atoms with E-state index in [2.05, 4.69) is 15.9 Å². The highest BCUT2D eigenvalue weighted by Gasteiger charge is 2.91. The molecular formula is C12H12BrF. The van der Waals surface area contributed by atoms with Gasteiger partial charge in [0.2, 0.25) is 0 Å². The molecule has 2 fully saturated rings. The van der Waals surface area contributed by atoms with Crippen LogP contribution >= 0.6 is 15.9 Å². The van der Waals surface area contributed by atoms with E-state index in [0.717, 1.165) is 18.4 Å². The second-order valence-corrected chi connectivity index (χ2v) is 5.74. The molecule has 1 spiro atoms. The predicted molar refractivity (Wildman–Crippen MR) is 58.2 cm³/mol. The second-order valence-electron chi connectivity index (χ2n) is 4.65. The van der Waals surface area contributed by atoms with Crippen molar-refractivity contribution in [3.8, 4) is 0 Å². The van der Waals surface area contributed by atoms with E-state index in [0.29, 0.717) is 0 Å². The number of hydrogen-bond acceptors (Lipinski definition) is 0. The van der Waals surface area contributed by atoms with Crippen LogP contribution in [0, 0.1) is 5.41 Å². The molecule has 0 aromatic heterocycles. The van der Waals surface area contributed by atoms with Gasteiger partial charge in [-0.25, -0.2) is 4.39 Å². The summed E-state index contributed by atoms with van der Waals surface area (Å²) < 4.78 is 13.1. The molecule has 0 aliphatic heterocycles. The lowest BCUT2D eigenvalue weighted by Crippen LogP contribution is -2.10. The number of hydrogen-bond donors (Lipinski definition) is 0. The van der Waals surface area contributed by atoms with E-state index in [4.69, 9.17) is 0 Å². The maximum absolute atomic E-state index is 14.3. The topological polar surface area (TPSA) is 0 Å². The van der Waals surface area contributed by atoms with Gasteiger partial charge in [0, 0.05) is 10.8 Å². The van der Waals surface area contributed by atoms with Crippen molar-refractivity contribution >= 4 is 15.9 Å². The quantitative estimate of drug-likeness (QED) is 0.669. The largest absolute Gasteiger partial charge is 0.230 e. The summed E-state index contributed by atoms with van der Waals surface area (Å²) in [5, 5.41) is 0. The highest BCUT2D eigenvalue weighted by Crippen LogP contribution is 2.88. The first-order valence-electron chi connectivity index (χ1n) is 5.00. The minimum absolute atomic E-state index is 0.0959. The maximum Gasteiger partial charge on any atom is 0.181 e. The Labute approximate surface area is 91.6 Å². The summed E-state index contributed by atoms with van der Waals surface area (Å²) in [6, 6.07) is 10.0. The first-order valence-corrected chi connectivity index (χ1v) is 5.79. The normalized spacial score (nSPS) is 42.5. The van der Waals surface area contributed by atoms with Crippen LogP contribution in [0.4, 0.5) is 4.39 Å². The zero-order valence-corrected chi connectivity index (χ0v) is 9.64. The summed E-state index contributed by atoms with van der Waals surface area (Å²) in [5.74, 6) is 0. The van der Waals surface area contributed by atoms with Gasteiger partial charge >= 0.3 is 0 Å². The van der Waals surface area contributed by atoms with Crippen LogP contribution in [0.5, 0.6) is 0 Å². The molecule has 1 aromatic rings. The molecule has 0 nitrogen and oxygen atoms in total.